The first-order chi connectivity index (χ1) is 13.0. The highest BCUT2D eigenvalue weighted by molar-refractivity contribution is 6.46. The summed E-state index contributed by atoms with van der Waals surface area (Å²) in [5.41, 5.74) is 0.142. The second-order valence-electron chi connectivity index (χ2n) is 5.97. The van der Waals surface area contributed by atoms with E-state index in [0.29, 0.717) is 11.3 Å². The summed E-state index contributed by atoms with van der Waals surface area (Å²) in [7, 11) is 1.49. The molecule has 1 amide bonds. The zero-order valence-electron chi connectivity index (χ0n) is 14.6. The van der Waals surface area contributed by atoms with Crippen LogP contribution in [-0.4, -0.2) is 47.1 Å². The number of hydrogen-bond acceptors (Lipinski definition) is 5. The minimum atomic E-state index is -1.12. The van der Waals surface area contributed by atoms with Crippen molar-refractivity contribution >= 4 is 17.4 Å². The van der Waals surface area contributed by atoms with Gasteiger partial charge in [0.1, 0.15) is 17.3 Å². The van der Waals surface area contributed by atoms with E-state index in [9.17, 15) is 24.2 Å². The number of methoxy groups -OCH3 is 1. The molecule has 0 spiro atoms. The molecule has 1 heterocycles. The number of nitrogens with zero attached hydrogens (tertiary/aromatic N) is 1. The Morgan fingerprint density at radius 2 is 1.81 bits per heavy atom. The van der Waals surface area contributed by atoms with Crippen molar-refractivity contribution in [1.29, 1.82) is 0 Å². The summed E-state index contributed by atoms with van der Waals surface area (Å²) >= 11 is 0. The smallest absolute Gasteiger partial charge is 0.295 e. The highest BCUT2D eigenvalue weighted by atomic mass is 19.1. The van der Waals surface area contributed by atoms with Gasteiger partial charge in [0, 0.05) is 17.7 Å². The van der Waals surface area contributed by atoms with Crippen molar-refractivity contribution in [1.82, 2.24) is 4.90 Å². The number of β-amino-alcohol motifs (C(OH)–C–C–N with tert-alkyl or cyclic N) is 1. The number of ether oxygens (including phenoxy) is 1. The number of hydrogen-bond donors (Lipinski definition) is 2. The lowest BCUT2D eigenvalue weighted by atomic mass is 9.95. The van der Waals surface area contributed by atoms with Crippen LogP contribution in [0, 0.1) is 5.82 Å². The van der Waals surface area contributed by atoms with Crippen LogP contribution in [-0.2, 0) is 9.59 Å². The predicted octanol–water partition coefficient (Wildman–Crippen LogP) is 2.25. The van der Waals surface area contributed by atoms with Gasteiger partial charge in [-0.15, -0.1) is 0 Å². The zero-order valence-corrected chi connectivity index (χ0v) is 14.6. The molecule has 0 aromatic heterocycles. The Morgan fingerprint density at radius 1 is 1.15 bits per heavy atom. The van der Waals surface area contributed by atoms with E-state index in [1.54, 1.807) is 18.2 Å². The van der Waals surface area contributed by atoms with Crippen molar-refractivity contribution in [3.63, 3.8) is 0 Å². The van der Waals surface area contributed by atoms with Gasteiger partial charge in [0.25, 0.3) is 11.7 Å². The number of ketones is 1. The normalized spacial score (nSPS) is 18.8. The number of Topliss-reactive ketones (excluding diaryl/α,β-unsaturated/α-hetero) is 1. The van der Waals surface area contributed by atoms with Crippen LogP contribution in [0.15, 0.2) is 54.1 Å². The van der Waals surface area contributed by atoms with Gasteiger partial charge in [0.15, 0.2) is 0 Å². The minimum Gasteiger partial charge on any atom is -0.507 e. The summed E-state index contributed by atoms with van der Waals surface area (Å²) in [6.07, 6.45) is 0. The third-order valence-electron chi connectivity index (χ3n) is 4.44. The van der Waals surface area contributed by atoms with E-state index in [1.165, 1.54) is 37.4 Å². The van der Waals surface area contributed by atoms with Crippen molar-refractivity contribution in [3.8, 4) is 5.75 Å². The van der Waals surface area contributed by atoms with Crippen molar-refractivity contribution in [2.75, 3.05) is 20.3 Å². The lowest BCUT2D eigenvalue weighted by Gasteiger charge is -2.24. The summed E-state index contributed by atoms with van der Waals surface area (Å²) < 4.78 is 19.5. The highest BCUT2D eigenvalue weighted by Crippen LogP contribution is 2.40. The monoisotopic (exact) mass is 371 g/mol. The Labute approximate surface area is 155 Å². The fraction of sp³-hybridized carbons (Fsp3) is 0.200. The largest absolute Gasteiger partial charge is 0.507 e. The van der Waals surface area contributed by atoms with Gasteiger partial charge in [-0.3, -0.25) is 9.59 Å². The molecule has 1 aliphatic heterocycles. The Bertz CT molecular complexity index is 907. The topological polar surface area (TPSA) is 87.1 Å². The van der Waals surface area contributed by atoms with Gasteiger partial charge in [-0.25, -0.2) is 4.39 Å². The molecule has 2 aromatic rings. The molecule has 0 radical (unpaired) electrons. The number of benzene rings is 2. The average molecular weight is 371 g/mol. The molecule has 3 rings (SSSR count). The van der Waals surface area contributed by atoms with Crippen molar-refractivity contribution in [3.05, 3.63) is 71.0 Å². The maximum atomic E-state index is 14.4. The third kappa shape index (κ3) is 3.29. The molecular formula is C20H18FNO5. The summed E-state index contributed by atoms with van der Waals surface area (Å²) in [6, 6.07) is 10.8. The zero-order chi connectivity index (χ0) is 19.6. The lowest BCUT2D eigenvalue weighted by molar-refractivity contribution is -0.140. The molecule has 1 atom stereocenters. The number of carbonyl (C=O) groups is 2. The lowest BCUT2D eigenvalue weighted by Crippen LogP contribution is -2.32. The molecule has 7 heteroatoms. The van der Waals surface area contributed by atoms with E-state index in [0.717, 1.165) is 4.90 Å². The van der Waals surface area contributed by atoms with Crippen LogP contribution < -0.4 is 4.74 Å². The van der Waals surface area contributed by atoms with E-state index in [2.05, 4.69) is 0 Å². The number of carbonyl (C=O) groups excluding carboxylic acids is 2. The highest BCUT2D eigenvalue weighted by Gasteiger charge is 2.46. The number of rotatable bonds is 5. The number of likely N-dealkylation sites (tertiary alicyclic amines) is 1. The van der Waals surface area contributed by atoms with Crippen LogP contribution in [0.1, 0.15) is 17.2 Å². The first kappa shape index (κ1) is 18.6. The van der Waals surface area contributed by atoms with Gasteiger partial charge in [-0.2, -0.15) is 0 Å². The summed E-state index contributed by atoms with van der Waals surface area (Å²) in [5, 5.41) is 20.0. The number of aliphatic hydroxyl groups is 2. The maximum absolute atomic E-state index is 14.4. The third-order valence-corrected chi connectivity index (χ3v) is 4.44. The van der Waals surface area contributed by atoms with Crippen LogP contribution in [0.2, 0.25) is 0 Å². The number of amides is 1. The van der Waals surface area contributed by atoms with Crippen molar-refractivity contribution in [2.24, 2.45) is 0 Å². The molecule has 0 bridgehead atoms. The summed E-state index contributed by atoms with van der Waals surface area (Å²) in [5.74, 6) is -2.30. The van der Waals surface area contributed by atoms with Crippen LogP contribution in [0.4, 0.5) is 4.39 Å². The van der Waals surface area contributed by atoms with Gasteiger partial charge in [0.2, 0.25) is 0 Å². The Balaban J connectivity index is 2.18. The quantitative estimate of drug-likeness (QED) is 0.478. The van der Waals surface area contributed by atoms with Crippen LogP contribution in [0.5, 0.6) is 5.75 Å². The molecular weight excluding hydrogens is 353 g/mol. The molecule has 140 valence electrons. The van der Waals surface area contributed by atoms with E-state index >= 15 is 0 Å². The molecule has 2 aromatic carbocycles. The molecule has 0 aliphatic carbocycles. The molecule has 1 aliphatic rings. The second kappa shape index (κ2) is 7.59. The van der Waals surface area contributed by atoms with Gasteiger partial charge < -0.3 is 19.8 Å². The van der Waals surface area contributed by atoms with Gasteiger partial charge in [0.05, 0.1) is 25.3 Å². The average Bonchev–Trinajstić information content (AvgIpc) is 2.93. The van der Waals surface area contributed by atoms with Crippen molar-refractivity contribution in [2.45, 2.75) is 6.04 Å². The number of aliphatic hydroxyl groups excluding tert-OH is 2. The first-order valence-electron chi connectivity index (χ1n) is 8.27. The van der Waals surface area contributed by atoms with Gasteiger partial charge >= 0.3 is 0 Å². The number of halogens is 1. The Morgan fingerprint density at radius 3 is 2.41 bits per heavy atom. The molecule has 2 N–H and O–H groups in total. The first-order valence-corrected chi connectivity index (χ1v) is 8.27. The molecule has 27 heavy (non-hydrogen) atoms. The predicted molar refractivity (Wildman–Crippen MR) is 95.5 cm³/mol. The molecule has 1 fully saturated rings. The molecule has 6 nitrogen and oxygen atoms in total. The van der Waals surface area contributed by atoms with Gasteiger partial charge in [-0.05, 0) is 30.3 Å². The Hall–Kier alpha value is -3.19. The van der Waals surface area contributed by atoms with Crippen molar-refractivity contribution < 1.29 is 28.9 Å². The Kier molecular flexibility index (Phi) is 5.23. The second-order valence-corrected chi connectivity index (χ2v) is 5.97. The fourth-order valence-corrected chi connectivity index (χ4v) is 3.14. The van der Waals surface area contributed by atoms with E-state index in [4.69, 9.17) is 4.74 Å². The van der Waals surface area contributed by atoms with Crippen LogP contribution >= 0.6 is 0 Å². The van der Waals surface area contributed by atoms with E-state index in [1.807, 2.05) is 0 Å². The molecule has 0 saturated carbocycles. The maximum Gasteiger partial charge on any atom is 0.295 e. The molecule has 1 saturated heterocycles. The van der Waals surface area contributed by atoms with Crippen LogP contribution in [0.3, 0.4) is 0 Å². The standard InChI is InChI=1S/C20H18FNO5/c1-27-13-8-6-12(7-9-13)18(24)16-17(14-4-2-3-5-15(14)21)22(10-11-23)20(26)19(16)25/h2-9,17,23-24H,10-11H2,1H3/t17-/m1/s1. The molecule has 0 unspecified atom stereocenters. The summed E-state index contributed by atoms with van der Waals surface area (Å²) in [4.78, 5) is 26.1. The SMILES string of the molecule is COc1ccc(C(O)=C2C(=O)C(=O)N(CCO)[C@@H]2c2ccccc2F)cc1. The van der Waals surface area contributed by atoms with E-state index in [-0.39, 0.29) is 17.7 Å². The van der Waals surface area contributed by atoms with E-state index < -0.39 is 35.9 Å². The van der Waals surface area contributed by atoms with Gasteiger partial charge in [-0.1, -0.05) is 18.2 Å². The minimum absolute atomic E-state index is 0.0696. The summed E-state index contributed by atoms with van der Waals surface area (Å²) in [6.45, 7) is -0.566. The fourth-order valence-electron chi connectivity index (χ4n) is 3.14. The van der Waals surface area contributed by atoms with Crippen LogP contribution in [0.25, 0.3) is 5.76 Å².